The van der Waals surface area contributed by atoms with Crippen molar-refractivity contribution >= 4 is 11.5 Å². The third-order valence-electron chi connectivity index (χ3n) is 3.87. The molecular formula is C13H15N7O. The fourth-order valence-electron chi connectivity index (χ4n) is 2.53. The van der Waals surface area contributed by atoms with Crippen molar-refractivity contribution in [3.05, 3.63) is 36.5 Å². The van der Waals surface area contributed by atoms with Gasteiger partial charge in [-0.1, -0.05) is 5.16 Å². The van der Waals surface area contributed by atoms with Gasteiger partial charge in [0.1, 0.15) is 18.4 Å². The van der Waals surface area contributed by atoms with Crippen LogP contribution in [-0.2, 0) is 6.54 Å². The highest BCUT2D eigenvalue weighted by atomic mass is 16.5. The predicted octanol–water partition coefficient (Wildman–Crippen LogP) is 0.433. The molecule has 0 unspecified atom stereocenters. The summed E-state index contributed by atoms with van der Waals surface area (Å²) in [5.41, 5.74) is 1.86. The highest BCUT2D eigenvalue weighted by Gasteiger charge is 2.31. The van der Waals surface area contributed by atoms with E-state index in [4.69, 9.17) is 4.52 Å². The number of hydrogen-bond donors (Lipinski definition) is 0. The Morgan fingerprint density at radius 1 is 1.38 bits per heavy atom. The normalized spacial score (nSPS) is 15.8. The van der Waals surface area contributed by atoms with Gasteiger partial charge in [0.15, 0.2) is 5.65 Å². The van der Waals surface area contributed by atoms with E-state index in [0.717, 1.165) is 36.7 Å². The van der Waals surface area contributed by atoms with Gasteiger partial charge in [-0.2, -0.15) is 4.52 Å². The second-order valence-electron chi connectivity index (χ2n) is 5.33. The molecule has 4 rings (SSSR count). The van der Waals surface area contributed by atoms with Crippen molar-refractivity contribution < 1.29 is 4.52 Å². The lowest BCUT2D eigenvalue weighted by Crippen LogP contribution is -2.58. The van der Waals surface area contributed by atoms with Crippen molar-refractivity contribution in [2.45, 2.75) is 12.6 Å². The Morgan fingerprint density at radius 3 is 3.10 bits per heavy atom. The second-order valence-corrected chi connectivity index (χ2v) is 5.33. The topological polar surface area (TPSA) is 75.6 Å². The minimum Gasteiger partial charge on any atom is -0.364 e. The zero-order valence-corrected chi connectivity index (χ0v) is 11.6. The van der Waals surface area contributed by atoms with E-state index in [0.29, 0.717) is 6.04 Å². The maximum Gasteiger partial charge on any atom is 0.177 e. The molecule has 0 bridgehead atoms. The Bertz CT molecular complexity index is 732. The van der Waals surface area contributed by atoms with Crippen LogP contribution in [0.5, 0.6) is 0 Å². The largest absolute Gasteiger partial charge is 0.364 e. The maximum absolute atomic E-state index is 4.86. The fraction of sp³-hybridized carbons (Fsp3) is 0.385. The summed E-state index contributed by atoms with van der Waals surface area (Å²) in [5.74, 6) is 0.955. The van der Waals surface area contributed by atoms with Crippen LogP contribution >= 0.6 is 0 Å². The van der Waals surface area contributed by atoms with Crippen LogP contribution in [0.25, 0.3) is 5.65 Å². The monoisotopic (exact) mass is 285 g/mol. The van der Waals surface area contributed by atoms with E-state index in [-0.39, 0.29) is 0 Å². The molecule has 1 saturated heterocycles. The molecule has 1 aliphatic heterocycles. The zero-order valence-electron chi connectivity index (χ0n) is 11.6. The lowest BCUT2D eigenvalue weighted by molar-refractivity contribution is 0.196. The molecule has 0 aromatic carbocycles. The van der Waals surface area contributed by atoms with Crippen LogP contribution < -0.4 is 4.90 Å². The molecule has 3 aromatic heterocycles. The molecule has 8 nitrogen and oxygen atoms in total. The summed E-state index contributed by atoms with van der Waals surface area (Å²) in [7, 11) is 2.12. The lowest BCUT2D eigenvalue weighted by atomic mass is 10.1. The Morgan fingerprint density at radius 2 is 2.29 bits per heavy atom. The summed E-state index contributed by atoms with van der Waals surface area (Å²) in [6, 6.07) is 4.43. The van der Waals surface area contributed by atoms with Crippen LogP contribution in [0.4, 0.5) is 5.82 Å². The van der Waals surface area contributed by atoms with Gasteiger partial charge in [-0.25, -0.2) is 0 Å². The maximum atomic E-state index is 4.86. The summed E-state index contributed by atoms with van der Waals surface area (Å²) >= 11 is 0. The second kappa shape index (κ2) is 4.81. The predicted molar refractivity (Wildman–Crippen MR) is 74.8 cm³/mol. The number of aromatic nitrogens is 5. The summed E-state index contributed by atoms with van der Waals surface area (Å²) < 4.78 is 6.56. The van der Waals surface area contributed by atoms with Crippen LogP contribution in [0.2, 0.25) is 0 Å². The van der Waals surface area contributed by atoms with Gasteiger partial charge in [0, 0.05) is 31.2 Å². The quantitative estimate of drug-likeness (QED) is 0.688. The number of nitrogens with zero attached hydrogens (tertiary/aromatic N) is 7. The highest BCUT2D eigenvalue weighted by molar-refractivity contribution is 5.47. The third kappa shape index (κ3) is 2.23. The molecule has 0 atom stereocenters. The molecule has 108 valence electrons. The third-order valence-corrected chi connectivity index (χ3v) is 3.87. The molecule has 3 aromatic rings. The first kappa shape index (κ1) is 12.3. The van der Waals surface area contributed by atoms with Crippen LogP contribution in [-0.4, -0.2) is 56.0 Å². The number of hydrogen-bond acceptors (Lipinski definition) is 7. The first-order valence-electron chi connectivity index (χ1n) is 6.80. The average molecular weight is 285 g/mol. The van der Waals surface area contributed by atoms with E-state index >= 15 is 0 Å². The van der Waals surface area contributed by atoms with Gasteiger partial charge in [-0.15, -0.1) is 15.3 Å². The van der Waals surface area contributed by atoms with Crippen LogP contribution in [0.15, 0.2) is 35.4 Å². The SMILES string of the molecule is CN(Cc1cnoc1)C1CN(c2ccc3nncn3n2)C1. The van der Waals surface area contributed by atoms with Crippen molar-refractivity contribution in [2.24, 2.45) is 0 Å². The van der Waals surface area contributed by atoms with Crippen molar-refractivity contribution in [1.82, 2.24) is 29.9 Å². The summed E-state index contributed by atoms with van der Waals surface area (Å²) in [6.07, 6.45) is 5.07. The summed E-state index contributed by atoms with van der Waals surface area (Å²) in [4.78, 5) is 4.55. The number of rotatable bonds is 4. The van der Waals surface area contributed by atoms with Gasteiger partial charge in [0.2, 0.25) is 0 Å². The Labute approximate surface area is 121 Å². The average Bonchev–Trinajstić information content (AvgIpc) is 3.07. The van der Waals surface area contributed by atoms with Crippen molar-refractivity contribution in [1.29, 1.82) is 0 Å². The Kier molecular flexibility index (Phi) is 2.81. The van der Waals surface area contributed by atoms with Gasteiger partial charge in [0.05, 0.1) is 6.20 Å². The molecule has 0 N–H and O–H groups in total. The van der Waals surface area contributed by atoms with Crippen LogP contribution in [0.3, 0.4) is 0 Å². The molecule has 4 heterocycles. The number of likely N-dealkylation sites (N-methyl/N-ethyl adjacent to an activating group) is 1. The Hall–Kier alpha value is -2.48. The van der Waals surface area contributed by atoms with E-state index in [9.17, 15) is 0 Å². The van der Waals surface area contributed by atoms with Crippen molar-refractivity contribution in [2.75, 3.05) is 25.0 Å². The van der Waals surface area contributed by atoms with Crippen LogP contribution in [0.1, 0.15) is 5.56 Å². The molecule has 1 aliphatic rings. The van der Waals surface area contributed by atoms with Gasteiger partial charge < -0.3 is 9.42 Å². The highest BCUT2D eigenvalue weighted by Crippen LogP contribution is 2.22. The molecule has 0 aliphatic carbocycles. The van der Waals surface area contributed by atoms with Crippen LogP contribution in [0, 0.1) is 0 Å². The molecule has 8 heteroatoms. The van der Waals surface area contributed by atoms with E-state index in [1.54, 1.807) is 23.3 Å². The molecule has 0 radical (unpaired) electrons. The number of anilines is 1. The standard InChI is InChI=1S/C13H15N7O/c1-18(5-10-4-15-21-8-10)11-6-19(7-11)13-3-2-12-16-14-9-20(12)17-13/h2-4,8-9,11H,5-7H2,1H3. The van der Waals surface area contributed by atoms with Gasteiger partial charge in [-0.05, 0) is 19.2 Å². The smallest absolute Gasteiger partial charge is 0.177 e. The fourth-order valence-corrected chi connectivity index (χ4v) is 2.53. The van der Waals surface area contributed by atoms with E-state index in [1.807, 2.05) is 12.1 Å². The summed E-state index contributed by atoms with van der Waals surface area (Å²) in [5, 5.41) is 16.0. The first-order valence-corrected chi connectivity index (χ1v) is 6.80. The van der Waals surface area contributed by atoms with Crippen molar-refractivity contribution in [3.8, 4) is 0 Å². The van der Waals surface area contributed by atoms with Gasteiger partial charge in [0.25, 0.3) is 0 Å². The molecular weight excluding hydrogens is 270 g/mol. The van der Waals surface area contributed by atoms with E-state index < -0.39 is 0 Å². The van der Waals surface area contributed by atoms with E-state index in [2.05, 4.69) is 37.3 Å². The molecule has 0 saturated carbocycles. The van der Waals surface area contributed by atoms with Crippen molar-refractivity contribution in [3.63, 3.8) is 0 Å². The Balaban J connectivity index is 1.39. The van der Waals surface area contributed by atoms with Gasteiger partial charge >= 0.3 is 0 Å². The molecule has 0 amide bonds. The minimum absolute atomic E-state index is 0.512. The lowest BCUT2D eigenvalue weighted by Gasteiger charge is -2.44. The minimum atomic E-state index is 0.512. The molecule has 0 spiro atoms. The van der Waals surface area contributed by atoms with Gasteiger partial charge in [-0.3, -0.25) is 4.90 Å². The molecule has 1 fully saturated rings. The van der Waals surface area contributed by atoms with E-state index in [1.165, 1.54) is 0 Å². The molecule has 21 heavy (non-hydrogen) atoms. The number of fused-ring (bicyclic) bond motifs is 1. The first-order chi connectivity index (χ1) is 10.3. The summed E-state index contributed by atoms with van der Waals surface area (Å²) in [6.45, 7) is 2.77. The zero-order chi connectivity index (χ0) is 14.2.